The molecule has 1 aliphatic heterocycles. The Morgan fingerprint density at radius 2 is 1.92 bits per heavy atom. The number of nitrogens with one attached hydrogen (secondary N) is 1. The number of carbonyl (C=O) groups excluding carboxylic acids is 1. The van der Waals surface area contributed by atoms with Crippen molar-refractivity contribution in [1.29, 1.82) is 0 Å². The number of aryl methyl sites for hydroxylation is 1. The van der Waals surface area contributed by atoms with E-state index >= 15 is 0 Å². The fraction of sp³-hybridized carbons (Fsp3) is 0.300. The minimum absolute atomic E-state index is 0.0951. The molecule has 0 atom stereocenters. The maximum absolute atomic E-state index is 12.6. The molecule has 1 amide bonds. The van der Waals surface area contributed by atoms with Crippen molar-refractivity contribution in [2.24, 2.45) is 7.05 Å². The van der Waals surface area contributed by atoms with Crippen molar-refractivity contribution in [1.82, 2.24) is 14.7 Å². The van der Waals surface area contributed by atoms with Gasteiger partial charge in [0.05, 0.1) is 17.4 Å². The third-order valence-electron chi connectivity index (χ3n) is 4.77. The molecule has 0 bridgehead atoms. The second-order valence-electron chi connectivity index (χ2n) is 6.55. The minimum Gasteiger partial charge on any atom is -0.321 e. The van der Waals surface area contributed by atoms with Gasteiger partial charge in [-0.1, -0.05) is 18.2 Å². The summed E-state index contributed by atoms with van der Waals surface area (Å²) < 4.78 is 1.80. The van der Waals surface area contributed by atoms with E-state index in [1.54, 1.807) is 10.9 Å². The number of hydrogen-bond donors (Lipinski definition) is 1. The van der Waals surface area contributed by atoms with Crippen LogP contribution in [0.5, 0.6) is 0 Å². The van der Waals surface area contributed by atoms with Gasteiger partial charge in [0.2, 0.25) is 0 Å². The summed E-state index contributed by atoms with van der Waals surface area (Å²) in [5, 5.41) is 8.22. The number of rotatable bonds is 4. The average molecular weight is 366 g/mol. The zero-order chi connectivity index (χ0) is 17.9. The van der Waals surface area contributed by atoms with Gasteiger partial charge in [-0.05, 0) is 29.8 Å². The highest BCUT2D eigenvalue weighted by atomic mass is 32.2. The molecule has 0 aliphatic carbocycles. The molecule has 2 heterocycles. The van der Waals surface area contributed by atoms with Crippen LogP contribution >= 0.6 is 11.8 Å². The monoisotopic (exact) mass is 366 g/mol. The second-order valence-corrected chi connectivity index (χ2v) is 7.77. The van der Waals surface area contributed by atoms with Crippen LogP contribution in [0.3, 0.4) is 0 Å². The van der Waals surface area contributed by atoms with E-state index < -0.39 is 0 Å². The Bertz CT molecular complexity index is 913. The van der Waals surface area contributed by atoms with Gasteiger partial charge in [0.1, 0.15) is 0 Å². The van der Waals surface area contributed by atoms with E-state index in [2.05, 4.69) is 27.4 Å². The molecule has 134 valence electrons. The predicted octanol–water partition coefficient (Wildman–Crippen LogP) is 3.37. The van der Waals surface area contributed by atoms with Crippen LogP contribution in [0.1, 0.15) is 15.9 Å². The summed E-state index contributed by atoms with van der Waals surface area (Å²) in [5.41, 5.74) is 3.71. The first-order chi connectivity index (χ1) is 12.7. The topological polar surface area (TPSA) is 50.2 Å². The Morgan fingerprint density at radius 1 is 1.15 bits per heavy atom. The molecule has 0 radical (unpaired) electrons. The van der Waals surface area contributed by atoms with Crippen LogP contribution in [0, 0.1) is 0 Å². The summed E-state index contributed by atoms with van der Waals surface area (Å²) in [5.74, 6) is 2.32. The van der Waals surface area contributed by atoms with E-state index in [-0.39, 0.29) is 5.91 Å². The number of nitrogens with zero attached hydrogens (tertiary/aromatic N) is 3. The van der Waals surface area contributed by atoms with Crippen LogP contribution in [0.4, 0.5) is 5.69 Å². The van der Waals surface area contributed by atoms with E-state index in [1.807, 2.05) is 49.1 Å². The first kappa shape index (κ1) is 17.1. The lowest BCUT2D eigenvalue weighted by Gasteiger charge is -2.26. The average Bonchev–Trinajstić information content (AvgIpc) is 3.05. The van der Waals surface area contributed by atoms with E-state index in [0.717, 1.165) is 36.2 Å². The largest absolute Gasteiger partial charge is 0.321 e. The van der Waals surface area contributed by atoms with Gasteiger partial charge in [-0.3, -0.25) is 14.4 Å². The zero-order valence-electron chi connectivity index (χ0n) is 14.8. The van der Waals surface area contributed by atoms with Crippen molar-refractivity contribution in [3.8, 4) is 0 Å². The van der Waals surface area contributed by atoms with Crippen LogP contribution in [0.15, 0.2) is 48.7 Å². The molecule has 6 heteroatoms. The smallest absolute Gasteiger partial charge is 0.255 e. The first-order valence-electron chi connectivity index (χ1n) is 8.82. The Labute approximate surface area is 157 Å². The number of hydrogen-bond acceptors (Lipinski definition) is 4. The number of thioether (sulfide) groups is 1. The molecule has 1 aliphatic rings. The van der Waals surface area contributed by atoms with Gasteiger partial charge in [0.25, 0.3) is 5.91 Å². The highest BCUT2D eigenvalue weighted by Gasteiger charge is 2.12. The fourth-order valence-electron chi connectivity index (χ4n) is 3.26. The number of anilines is 1. The van der Waals surface area contributed by atoms with Crippen LogP contribution in [-0.2, 0) is 13.6 Å². The van der Waals surface area contributed by atoms with Gasteiger partial charge >= 0.3 is 0 Å². The molecule has 0 spiro atoms. The first-order valence-corrected chi connectivity index (χ1v) is 9.97. The molecule has 1 saturated heterocycles. The standard InChI is InChI=1S/C20H22N4OS/c1-23-19-4-2-3-18(17(19)13-21-23)22-20(25)16-7-5-15(6-8-16)14-24-9-11-26-12-10-24/h2-8,13H,9-12,14H2,1H3,(H,22,25). The Kier molecular flexibility index (Phi) is 4.95. The molecule has 0 saturated carbocycles. The van der Waals surface area contributed by atoms with E-state index in [4.69, 9.17) is 0 Å². The molecule has 2 aromatic carbocycles. The Morgan fingerprint density at radius 3 is 2.69 bits per heavy atom. The number of benzene rings is 2. The molecule has 3 aromatic rings. The van der Waals surface area contributed by atoms with Crippen molar-refractivity contribution >= 4 is 34.3 Å². The van der Waals surface area contributed by atoms with Gasteiger partial charge < -0.3 is 5.32 Å². The normalized spacial score (nSPS) is 15.3. The van der Waals surface area contributed by atoms with Gasteiger partial charge in [-0.15, -0.1) is 0 Å². The summed E-state index contributed by atoms with van der Waals surface area (Å²) >= 11 is 2.02. The molecule has 1 aromatic heterocycles. The molecule has 5 nitrogen and oxygen atoms in total. The molecular formula is C20H22N4OS. The van der Waals surface area contributed by atoms with Crippen LogP contribution in [0.2, 0.25) is 0 Å². The van der Waals surface area contributed by atoms with Crippen LogP contribution < -0.4 is 5.32 Å². The van der Waals surface area contributed by atoms with Crippen molar-refractivity contribution in [2.45, 2.75) is 6.54 Å². The summed E-state index contributed by atoms with van der Waals surface area (Å²) in [7, 11) is 1.90. The molecule has 26 heavy (non-hydrogen) atoms. The van der Waals surface area contributed by atoms with Gasteiger partial charge in [0, 0.05) is 49.1 Å². The molecular weight excluding hydrogens is 344 g/mol. The molecule has 4 rings (SSSR count). The van der Waals surface area contributed by atoms with Gasteiger partial charge in [-0.2, -0.15) is 16.9 Å². The van der Waals surface area contributed by atoms with Gasteiger partial charge in [-0.25, -0.2) is 0 Å². The van der Waals surface area contributed by atoms with E-state index in [1.165, 1.54) is 17.1 Å². The zero-order valence-corrected chi connectivity index (χ0v) is 15.6. The van der Waals surface area contributed by atoms with Crippen LogP contribution in [-0.4, -0.2) is 45.2 Å². The fourth-order valence-corrected chi connectivity index (χ4v) is 4.24. The second kappa shape index (κ2) is 7.51. The lowest BCUT2D eigenvalue weighted by molar-refractivity contribution is 0.102. The van der Waals surface area contributed by atoms with Crippen molar-refractivity contribution in [3.63, 3.8) is 0 Å². The highest BCUT2D eigenvalue weighted by Crippen LogP contribution is 2.23. The third-order valence-corrected chi connectivity index (χ3v) is 5.71. The number of amides is 1. The Balaban J connectivity index is 1.46. The quantitative estimate of drug-likeness (QED) is 0.769. The maximum atomic E-state index is 12.6. The summed E-state index contributed by atoms with van der Waals surface area (Å²) in [6, 6.07) is 13.8. The maximum Gasteiger partial charge on any atom is 0.255 e. The highest BCUT2D eigenvalue weighted by molar-refractivity contribution is 7.99. The lowest BCUT2D eigenvalue weighted by Crippen LogP contribution is -2.31. The van der Waals surface area contributed by atoms with Crippen molar-refractivity contribution in [2.75, 3.05) is 29.9 Å². The number of carbonyl (C=O) groups is 1. The summed E-state index contributed by atoms with van der Waals surface area (Å²) in [6.07, 6.45) is 1.78. The summed E-state index contributed by atoms with van der Waals surface area (Å²) in [4.78, 5) is 15.1. The van der Waals surface area contributed by atoms with Crippen molar-refractivity contribution < 1.29 is 4.79 Å². The molecule has 1 N–H and O–H groups in total. The molecule has 1 fully saturated rings. The predicted molar refractivity (Wildman–Crippen MR) is 108 cm³/mol. The van der Waals surface area contributed by atoms with E-state index in [0.29, 0.717) is 5.56 Å². The van der Waals surface area contributed by atoms with Crippen molar-refractivity contribution in [3.05, 3.63) is 59.8 Å². The minimum atomic E-state index is -0.0951. The summed E-state index contributed by atoms with van der Waals surface area (Å²) in [6.45, 7) is 3.24. The third kappa shape index (κ3) is 3.61. The SMILES string of the molecule is Cn1ncc2c(NC(=O)c3ccc(CN4CCSCC4)cc3)cccc21. The lowest BCUT2D eigenvalue weighted by atomic mass is 10.1. The molecule has 0 unspecified atom stereocenters. The van der Waals surface area contributed by atoms with E-state index in [9.17, 15) is 4.79 Å². The van der Waals surface area contributed by atoms with Gasteiger partial charge in [0.15, 0.2) is 0 Å². The number of aromatic nitrogens is 2. The number of fused-ring (bicyclic) bond motifs is 1. The van der Waals surface area contributed by atoms with Crippen LogP contribution in [0.25, 0.3) is 10.9 Å². The Hall–Kier alpha value is -2.31.